The van der Waals surface area contributed by atoms with Crippen LogP contribution in [0.3, 0.4) is 0 Å². The predicted octanol–water partition coefficient (Wildman–Crippen LogP) is 5.44. The predicted molar refractivity (Wildman–Crippen MR) is 129 cm³/mol. The number of hydrogen-bond acceptors (Lipinski definition) is 6. The molecule has 4 rings (SSSR count). The maximum Gasteiger partial charge on any atom is 0.342 e. The third-order valence-corrected chi connectivity index (χ3v) is 5.70. The second-order valence-corrected chi connectivity index (χ2v) is 8.18. The van der Waals surface area contributed by atoms with Crippen molar-refractivity contribution in [3.63, 3.8) is 0 Å². The van der Waals surface area contributed by atoms with E-state index in [0.717, 1.165) is 38.8 Å². The molecule has 0 saturated carbocycles. The number of anilines is 1. The first-order valence-electron chi connectivity index (χ1n) is 10.9. The number of amides is 1. The second-order valence-electron chi connectivity index (χ2n) is 8.18. The van der Waals surface area contributed by atoms with Crippen molar-refractivity contribution in [2.75, 3.05) is 11.9 Å². The first-order valence-corrected chi connectivity index (χ1v) is 10.9. The van der Waals surface area contributed by atoms with Crippen LogP contribution < -0.4 is 10.1 Å². The van der Waals surface area contributed by atoms with E-state index in [0.29, 0.717) is 11.5 Å². The number of carbonyl (C=O) groups is 2. The molecule has 0 radical (unpaired) electrons. The normalized spacial score (nSPS) is 10.8. The maximum absolute atomic E-state index is 13.0. The van der Waals surface area contributed by atoms with Gasteiger partial charge in [-0.05, 0) is 61.7 Å². The Kier molecular flexibility index (Phi) is 6.63. The number of esters is 1. The van der Waals surface area contributed by atoms with Crippen LogP contribution in [0.2, 0.25) is 0 Å². The van der Waals surface area contributed by atoms with Crippen molar-refractivity contribution in [3.05, 3.63) is 88.3 Å². The van der Waals surface area contributed by atoms with Gasteiger partial charge in [-0.3, -0.25) is 4.79 Å². The second kappa shape index (κ2) is 9.79. The molecule has 0 aliphatic carbocycles. The van der Waals surface area contributed by atoms with E-state index in [1.165, 1.54) is 0 Å². The average Bonchev–Trinajstić information content (AvgIpc) is 3.15. The largest absolute Gasteiger partial charge is 0.488 e. The zero-order valence-electron chi connectivity index (χ0n) is 19.6. The van der Waals surface area contributed by atoms with E-state index in [-0.39, 0.29) is 12.2 Å². The molecular formula is C27H26N2O5. The Morgan fingerprint density at radius 1 is 0.941 bits per heavy atom. The van der Waals surface area contributed by atoms with Gasteiger partial charge in [0.05, 0.1) is 11.3 Å². The lowest BCUT2D eigenvalue weighted by atomic mass is 10.1. The van der Waals surface area contributed by atoms with Crippen LogP contribution in [-0.2, 0) is 16.1 Å². The molecule has 4 aromatic rings. The SMILES string of the molecule is Cc1cccc(C)c1NC(=O)COC(=O)c1cc2ccccc2cc1OCc1c(C)noc1C. The topological polar surface area (TPSA) is 90.7 Å². The number of nitrogens with one attached hydrogen (secondary N) is 1. The molecule has 174 valence electrons. The van der Waals surface area contributed by atoms with Crippen molar-refractivity contribution in [2.45, 2.75) is 34.3 Å². The number of hydrogen-bond donors (Lipinski definition) is 1. The van der Waals surface area contributed by atoms with Gasteiger partial charge >= 0.3 is 5.97 Å². The van der Waals surface area contributed by atoms with E-state index in [1.54, 1.807) is 12.1 Å². The molecule has 34 heavy (non-hydrogen) atoms. The number of ether oxygens (including phenoxy) is 2. The molecule has 1 aromatic heterocycles. The number of carbonyl (C=O) groups excluding carboxylic acids is 2. The summed E-state index contributed by atoms with van der Waals surface area (Å²) in [6.07, 6.45) is 0. The smallest absolute Gasteiger partial charge is 0.342 e. The first-order chi connectivity index (χ1) is 16.3. The minimum atomic E-state index is -0.642. The van der Waals surface area contributed by atoms with Gasteiger partial charge in [-0.15, -0.1) is 0 Å². The van der Waals surface area contributed by atoms with Gasteiger partial charge in [0.1, 0.15) is 23.7 Å². The summed E-state index contributed by atoms with van der Waals surface area (Å²) in [4.78, 5) is 25.5. The number of rotatable bonds is 7. The summed E-state index contributed by atoms with van der Waals surface area (Å²) in [5.41, 5.74) is 4.38. The lowest BCUT2D eigenvalue weighted by Gasteiger charge is -2.14. The van der Waals surface area contributed by atoms with Crippen LogP contribution in [0.1, 0.15) is 38.5 Å². The molecule has 0 fully saturated rings. The van der Waals surface area contributed by atoms with Crippen molar-refractivity contribution in [3.8, 4) is 5.75 Å². The molecule has 0 aliphatic heterocycles. The lowest BCUT2D eigenvalue weighted by molar-refractivity contribution is -0.119. The Morgan fingerprint density at radius 3 is 2.26 bits per heavy atom. The highest BCUT2D eigenvalue weighted by Crippen LogP contribution is 2.28. The number of fused-ring (bicyclic) bond motifs is 1. The fourth-order valence-corrected chi connectivity index (χ4v) is 3.75. The Balaban J connectivity index is 1.52. The van der Waals surface area contributed by atoms with Crippen LogP contribution in [-0.4, -0.2) is 23.6 Å². The molecule has 1 amide bonds. The molecule has 0 spiro atoms. The summed E-state index contributed by atoms with van der Waals surface area (Å²) in [7, 11) is 0. The summed E-state index contributed by atoms with van der Waals surface area (Å²) < 4.78 is 16.6. The van der Waals surface area contributed by atoms with Crippen molar-refractivity contribution in [2.24, 2.45) is 0 Å². The minimum Gasteiger partial charge on any atom is -0.488 e. The summed E-state index contributed by atoms with van der Waals surface area (Å²) in [6, 6.07) is 16.9. The Bertz CT molecular complexity index is 1330. The van der Waals surface area contributed by atoms with Gasteiger partial charge in [0, 0.05) is 5.69 Å². The van der Waals surface area contributed by atoms with Crippen molar-refractivity contribution < 1.29 is 23.6 Å². The van der Waals surface area contributed by atoms with Crippen molar-refractivity contribution in [1.82, 2.24) is 5.16 Å². The highest BCUT2D eigenvalue weighted by molar-refractivity contribution is 6.00. The molecule has 0 bridgehead atoms. The van der Waals surface area contributed by atoms with Gasteiger partial charge in [0.2, 0.25) is 0 Å². The number of aryl methyl sites for hydroxylation is 4. The zero-order chi connectivity index (χ0) is 24.2. The van der Waals surface area contributed by atoms with Crippen LogP contribution in [0.15, 0.2) is 59.1 Å². The lowest BCUT2D eigenvalue weighted by Crippen LogP contribution is -2.22. The van der Waals surface area contributed by atoms with Crippen LogP contribution in [0, 0.1) is 27.7 Å². The number of benzene rings is 3. The van der Waals surface area contributed by atoms with E-state index in [2.05, 4.69) is 10.5 Å². The zero-order valence-corrected chi connectivity index (χ0v) is 19.6. The molecule has 3 aromatic carbocycles. The fraction of sp³-hybridized carbons (Fsp3) is 0.222. The van der Waals surface area contributed by atoms with E-state index >= 15 is 0 Å². The maximum atomic E-state index is 13.0. The Morgan fingerprint density at radius 2 is 1.62 bits per heavy atom. The van der Waals surface area contributed by atoms with Crippen molar-refractivity contribution >= 4 is 28.3 Å². The molecular weight excluding hydrogens is 432 g/mol. The van der Waals surface area contributed by atoms with E-state index in [9.17, 15) is 9.59 Å². The van der Waals surface area contributed by atoms with E-state index < -0.39 is 18.5 Å². The molecule has 7 nitrogen and oxygen atoms in total. The molecule has 0 aliphatic rings. The number of para-hydroxylation sites is 1. The van der Waals surface area contributed by atoms with Gasteiger partial charge in [-0.1, -0.05) is 47.6 Å². The Hall–Kier alpha value is -4.13. The molecule has 1 heterocycles. The summed E-state index contributed by atoms with van der Waals surface area (Å²) in [6.45, 7) is 7.23. The monoisotopic (exact) mass is 458 g/mol. The molecule has 7 heteroatoms. The van der Waals surface area contributed by atoms with Gasteiger partial charge in [0.25, 0.3) is 5.91 Å². The van der Waals surface area contributed by atoms with Gasteiger partial charge in [0.15, 0.2) is 6.61 Å². The summed E-state index contributed by atoms with van der Waals surface area (Å²) in [5, 5.41) is 8.54. The highest BCUT2D eigenvalue weighted by Gasteiger charge is 2.19. The third kappa shape index (κ3) is 4.93. The minimum absolute atomic E-state index is 0.187. The molecule has 0 unspecified atom stereocenters. The molecule has 0 saturated heterocycles. The van der Waals surface area contributed by atoms with Crippen LogP contribution >= 0.6 is 0 Å². The first kappa shape index (κ1) is 23.0. The van der Waals surface area contributed by atoms with Gasteiger partial charge in [-0.25, -0.2) is 4.79 Å². The van der Waals surface area contributed by atoms with Crippen LogP contribution in [0.5, 0.6) is 5.75 Å². The van der Waals surface area contributed by atoms with Gasteiger partial charge in [-0.2, -0.15) is 0 Å². The Labute approximate surface area is 197 Å². The van der Waals surface area contributed by atoms with E-state index in [1.807, 2.05) is 70.2 Å². The quantitative estimate of drug-likeness (QED) is 0.371. The fourth-order valence-electron chi connectivity index (χ4n) is 3.75. The number of nitrogens with zero attached hydrogens (tertiary/aromatic N) is 1. The van der Waals surface area contributed by atoms with E-state index in [4.69, 9.17) is 14.0 Å². The summed E-state index contributed by atoms with van der Waals surface area (Å²) >= 11 is 0. The average molecular weight is 459 g/mol. The van der Waals surface area contributed by atoms with Crippen LogP contribution in [0.4, 0.5) is 5.69 Å². The number of aromatic nitrogens is 1. The van der Waals surface area contributed by atoms with Crippen molar-refractivity contribution in [1.29, 1.82) is 0 Å². The highest BCUT2D eigenvalue weighted by atomic mass is 16.5. The summed E-state index contributed by atoms with van der Waals surface area (Å²) in [5.74, 6) is -0.0367. The molecule has 1 N–H and O–H groups in total. The third-order valence-electron chi connectivity index (χ3n) is 5.70. The van der Waals surface area contributed by atoms with Gasteiger partial charge < -0.3 is 19.3 Å². The standard InChI is InChI=1S/C27H26N2O5/c1-16-8-7-9-17(2)26(16)28-25(30)15-33-27(31)22-12-20-10-5-6-11-21(20)13-24(22)32-14-23-18(3)29-34-19(23)4/h5-13H,14-15H2,1-4H3,(H,28,30). The molecule has 0 atom stereocenters. The van der Waals surface area contributed by atoms with Crippen LogP contribution in [0.25, 0.3) is 10.8 Å².